The smallest absolute Gasteiger partial charge is 0.129 e. The highest BCUT2D eigenvalue weighted by molar-refractivity contribution is 5.43. The number of nitrogens with zero attached hydrogens (tertiary/aromatic N) is 2. The van der Waals surface area contributed by atoms with E-state index in [9.17, 15) is 0 Å². The van der Waals surface area contributed by atoms with Crippen LogP contribution in [0.5, 0.6) is 0 Å². The number of hydrogen-bond donors (Lipinski definition) is 1. The third-order valence-electron chi connectivity index (χ3n) is 3.68. The number of pyridine rings is 1. The number of rotatable bonds is 2. The predicted octanol–water partition coefficient (Wildman–Crippen LogP) is 2.49. The molecule has 0 saturated carbocycles. The molecule has 1 aromatic carbocycles. The van der Waals surface area contributed by atoms with Gasteiger partial charge < -0.3 is 10.6 Å². The number of anilines is 1. The predicted molar refractivity (Wildman–Crippen MR) is 77.9 cm³/mol. The topological polar surface area (TPSA) is 42.1 Å². The molecule has 0 unspecified atom stereocenters. The molecule has 0 atom stereocenters. The van der Waals surface area contributed by atoms with Crippen molar-refractivity contribution in [2.75, 3.05) is 11.4 Å². The van der Waals surface area contributed by atoms with Gasteiger partial charge in [0.05, 0.1) is 5.69 Å². The van der Waals surface area contributed by atoms with Crippen molar-refractivity contribution in [2.24, 2.45) is 5.73 Å². The molecule has 3 rings (SSSR count). The van der Waals surface area contributed by atoms with E-state index in [0.29, 0.717) is 6.54 Å². The van der Waals surface area contributed by atoms with Gasteiger partial charge in [-0.3, -0.25) is 0 Å². The first-order chi connectivity index (χ1) is 9.36. The average molecular weight is 253 g/mol. The van der Waals surface area contributed by atoms with Crippen LogP contribution in [0.1, 0.15) is 23.2 Å². The Kier molecular flexibility index (Phi) is 3.47. The van der Waals surface area contributed by atoms with Crippen molar-refractivity contribution < 1.29 is 0 Å². The van der Waals surface area contributed by atoms with Crippen LogP contribution in [0.15, 0.2) is 42.5 Å². The second kappa shape index (κ2) is 5.41. The monoisotopic (exact) mass is 253 g/mol. The molecule has 2 heterocycles. The van der Waals surface area contributed by atoms with Crippen LogP contribution >= 0.6 is 0 Å². The zero-order chi connectivity index (χ0) is 13.1. The third-order valence-corrected chi connectivity index (χ3v) is 3.68. The van der Waals surface area contributed by atoms with Gasteiger partial charge in [0.25, 0.3) is 0 Å². The van der Waals surface area contributed by atoms with E-state index in [1.807, 2.05) is 12.1 Å². The van der Waals surface area contributed by atoms with Crippen molar-refractivity contribution in [3.8, 4) is 0 Å². The minimum atomic E-state index is 0.498. The van der Waals surface area contributed by atoms with Gasteiger partial charge in [0, 0.05) is 19.6 Å². The van der Waals surface area contributed by atoms with E-state index in [-0.39, 0.29) is 0 Å². The average Bonchev–Trinajstić information content (AvgIpc) is 2.69. The summed E-state index contributed by atoms with van der Waals surface area (Å²) in [6, 6.07) is 14.8. The van der Waals surface area contributed by atoms with Gasteiger partial charge in [0.1, 0.15) is 5.82 Å². The Hall–Kier alpha value is -1.87. The van der Waals surface area contributed by atoms with Crippen molar-refractivity contribution in [1.29, 1.82) is 0 Å². The van der Waals surface area contributed by atoms with Crippen LogP contribution in [0.3, 0.4) is 0 Å². The Morgan fingerprint density at radius 3 is 2.74 bits per heavy atom. The van der Waals surface area contributed by atoms with Crippen LogP contribution in [0.25, 0.3) is 0 Å². The molecule has 2 N–H and O–H groups in total. The van der Waals surface area contributed by atoms with Crippen LogP contribution in [0.4, 0.5) is 5.82 Å². The molecular weight excluding hydrogens is 234 g/mol. The van der Waals surface area contributed by atoms with Crippen LogP contribution in [-0.4, -0.2) is 11.5 Å². The van der Waals surface area contributed by atoms with Gasteiger partial charge in [0.2, 0.25) is 0 Å². The van der Waals surface area contributed by atoms with Crippen molar-refractivity contribution >= 4 is 5.82 Å². The highest BCUT2D eigenvalue weighted by Crippen LogP contribution is 2.22. The summed E-state index contributed by atoms with van der Waals surface area (Å²) in [4.78, 5) is 6.98. The molecule has 0 aliphatic carbocycles. The first-order valence-electron chi connectivity index (χ1n) is 6.84. The van der Waals surface area contributed by atoms with Crippen molar-refractivity contribution in [1.82, 2.24) is 4.98 Å². The van der Waals surface area contributed by atoms with Gasteiger partial charge in [-0.1, -0.05) is 30.3 Å². The lowest BCUT2D eigenvalue weighted by molar-refractivity contribution is 0.751. The van der Waals surface area contributed by atoms with E-state index in [1.54, 1.807) is 0 Å². The fourth-order valence-corrected chi connectivity index (χ4v) is 2.65. The molecule has 0 fully saturated rings. The normalized spacial score (nSPS) is 14.9. The van der Waals surface area contributed by atoms with Crippen LogP contribution in [0.2, 0.25) is 0 Å². The Balaban J connectivity index is 1.89. The Bertz CT molecular complexity index is 565. The molecule has 1 aliphatic rings. The molecule has 98 valence electrons. The number of aromatic nitrogens is 1. The molecule has 1 aliphatic heterocycles. The van der Waals surface area contributed by atoms with Gasteiger partial charge in [-0.2, -0.15) is 0 Å². The maximum atomic E-state index is 5.67. The molecule has 0 radical (unpaired) electrons. The second-order valence-electron chi connectivity index (χ2n) is 4.99. The fourth-order valence-electron chi connectivity index (χ4n) is 2.65. The van der Waals surface area contributed by atoms with Gasteiger partial charge in [0.15, 0.2) is 0 Å². The van der Waals surface area contributed by atoms with E-state index in [1.165, 1.54) is 17.5 Å². The molecule has 0 bridgehead atoms. The van der Waals surface area contributed by atoms with E-state index >= 15 is 0 Å². The minimum Gasteiger partial charge on any atom is -0.352 e. The van der Waals surface area contributed by atoms with E-state index in [0.717, 1.165) is 31.0 Å². The molecule has 0 amide bonds. The Morgan fingerprint density at radius 2 is 1.89 bits per heavy atom. The number of aryl methyl sites for hydroxylation is 1. The van der Waals surface area contributed by atoms with Crippen molar-refractivity contribution in [3.63, 3.8) is 0 Å². The van der Waals surface area contributed by atoms with Gasteiger partial charge >= 0.3 is 0 Å². The number of fused-ring (bicyclic) bond motifs is 1. The van der Waals surface area contributed by atoms with Gasteiger partial charge in [-0.25, -0.2) is 4.98 Å². The van der Waals surface area contributed by atoms with Crippen molar-refractivity contribution in [2.45, 2.75) is 25.9 Å². The second-order valence-corrected chi connectivity index (χ2v) is 4.99. The lowest BCUT2D eigenvalue weighted by atomic mass is 10.0. The molecule has 3 nitrogen and oxygen atoms in total. The zero-order valence-electron chi connectivity index (χ0n) is 11.0. The van der Waals surface area contributed by atoms with E-state index in [4.69, 9.17) is 5.73 Å². The quantitative estimate of drug-likeness (QED) is 0.894. The highest BCUT2D eigenvalue weighted by Gasteiger charge is 2.15. The molecule has 1 aromatic heterocycles. The Labute approximate surface area is 114 Å². The van der Waals surface area contributed by atoms with Crippen LogP contribution < -0.4 is 10.6 Å². The maximum absolute atomic E-state index is 5.67. The molecular formula is C16H19N3. The summed E-state index contributed by atoms with van der Waals surface area (Å²) in [6.07, 6.45) is 2.33. The maximum Gasteiger partial charge on any atom is 0.129 e. The molecule has 0 spiro atoms. The zero-order valence-corrected chi connectivity index (χ0v) is 11.0. The standard InChI is InChI=1S/C16H19N3/c17-11-15-8-3-9-16(18-15)19-10-4-7-13-5-1-2-6-14(13)12-19/h1-3,5-6,8-9H,4,7,10-12,17H2. The number of hydrogen-bond acceptors (Lipinski definition) is 3. The first kappa shape index (κ1) is 12.2. The largest absolute Gasteiger partial charge is 0.352 e. The number of nitrogens with two attached hydrogens (primary N) is 1. The summed E-state index contributed by atoms with van der Waals surface area (Å²) in [5.74, 6) is 1.04. The summed E-state index contributed by atoms with van der Waals surface area (Å²) < 4.78 is 0. The minimum absolute atomic E-state index is 0.498. The van der Waals surface area contributed by atoms with E-state index < -0.39 is 0 Å². The number of benzene rings is 1. The summed E-state index contributed by atoms with van der Waals surface area (Å²) in [6.45, 7) is 2.49. The third kappa shape index (κ3) is 2.61. The summed E-state index contributed by atoms with van der Waals surface area (Å²) in [5.41, 5.74) is 9.52. The lowest BCUT2D eigenvalue weighted by Gasteiger charge is -2.22. The SMILES string of the molecule is NCc1cccc(N2CCCc3ccccc3C2)n1. The van der Waals surface area contributed by atoms with Crippen LogP contribution in [-0.2, 0) is 19.5 Å². The van der Waals surface area contributed by atoms with Crippen LogP contribution in [0, 0.1) is 0 Å². The first-order valence-corrected chi connectivity index (χ1v) is 6.84. The summed E-state index contributed by atoms with van der Waals surface area (Å²) in [7, 11) is 0. The summed E-state index contributed by atoms with van der Waals surface area (Å²) in [5, 5.41) is 0. The molecule has 3 heteroatoms. The highest BCUT2D eigenvalue weighted by atomic mass is 15.2. The molecule has 19 heavy (non-hydrogen) atoms. The lowest BCUT2D eigenvalue weighted by Crippen LogP contribution is -2.24. The molecule has 2 aromatic rings. The van der Waals surface area contributed by atoms with Gasteiger partial charge in [-0.05, 0) is 36.1 Å². The Morgan fingerprint density at radius 1 is 1.05 bits per heavy atom. The van der Waals surface area contributed by atoms with Crippen molar-refractivity contribution in [3.05, 3.63) is 59.3 Å². The molecule has 0 saturated heterocycles. The summed E-state index contributed by atoms with van der Waals surface area (Å²) >= 11 is 0. The van der Waals surface area contributed by atoms with Gasteiger partial charge in [-0.15, -0.1) is 0 Å². The fraction of sp³-hybridized carbons (Fsp3) is 0.312. The van der Waals surface area contributed by atoms with E-state index in [2.05, 4.69) is 40.2 Å².